The van der Waals surface area contributed by atoms with Gasteiger partial charge in [0.05, 0.1) is 13.0 Å². The molecule has 1 aliphatic heterocycles. The van der Waals surface area contributed by atoms with E-state index in [1.807, 2.05) is 48.5 Å². The molecule has 1 aromatic heterocycles. The third-order valence-electron chi connectivity index (χ3n) is 3.98. The molecular formula is C17H15N5O2. The van der Waals surface area contributed by atoms with Crippen LogP contribution < -0.4 is 10.1 Å². The summed E-state index contributed by atoms with van der Waals surface area (Å²) < 4.78 is 5.88. The molecule has 1 amide bonds. The number of anilines is 1. The van der Waals surface area contributed by atoms with Crippen molar-refractivity contribution in [1.29, 1.82) is 0 Å². The molecule has 0 saturated heterocycles. The van der Waals surface area contributed by atoms with Crippen LogP contribution in [0.5, 0.6) is 5.75 Å². The Kier molecular flexibility index (Phi) is 3.45. The van der Waals surface area contributed by atoms with E-state index in [-0.39, 0.29) is 11.9 Å². The number of aromatic nitrogens is 4. The minimum Gasteiger partial charge on any atom is -0.489 e. The van der Waals surface area contributed by atoms with Gasteiger partial charge in [-0.15, -0.1) is 5.10 Å². The molecular weight excluding hydrogens is 306 g/mol. The van der Waals surface area contributed by atoms with Crippen molar-refractivity contribution < 1.29 is 9.53 Å². The van der Waals surface area contributed by atoms with Crippen LogP contribution in [0.1, 0.15) is 22.6 Å². The molecule has 0 spiro atoms. The quantitative estimate of drug-likeness (QED) is 0.779. The number of carbonyl (C=O) groups excluding carboxylic acids is 1. The fourth-order valence-corrected chi connectivity index (χ4v) is 2.92. The highest BCUT2D eigenvalue weighted by Crippen LogP contribution is 2.37. The van der Waals surface area contributed by atoms with Crippen LogP contribution in [0.15, 0.2) is 48.5 Å². The molecule has 4 rings (SSSR count). The Hall–Kier alpha value is -3.22. The number of carbonyl (C=O) groups is 1. The maximum atomic E-state index is 13.0. The smallest absolute Gasteiger partial charge is 0.270 e. The second-order valence-corrected chi connectivity index (χ2v) is 5.55. The van der Waals surface area contributed by atoms with Gasteiger partial charge < -0.3 is 4.74 Å². The van der Waals surface area contributed by atoms with Crippen LogP contribution in [-0.2, 0) is 18.4 Å². The van der Waals surface area contributed by atoms with Gasteiger partial charge in [-0.05, 0) is 22.4 Å². The zero-order valence-corrected chi connectivity index (χ0v) is 13.0. The average molecular weight is 321 g/mol. The van der Waals surface area contributed by atoms with Crippen LogP contribution in [0.2, 0.25) is 0 Å². The Balaban J connectivity index is 1.79. The summed E-state index contributed by atoms with van der Waals surface area (Å²) in [6.45, 7) is 0.431. The maximum Gasteiger partial charge on any atom is 0.270 e. The fraction of sp³-hybridized carbons (Fsp3) is 0.176. The minimum atomic E-state index is -0.497. The number of ether oxygens (including phenoxy) is 1. The fourth-order valence-electron chi connectivity index (χ4n) is 2.92. The highest BCUT2D eigenvalue weighted by Gasteiger charge is 2.30. The number of para-hydroxylation sites is 1. The lowest BCUT2D eigenvalue weighted by atomic mass is 9.88. The molecule has 7 nitrogen and oxygen atoms in total. The first-order chi connectivity index (χ1) is 11.7. The van der Waals surface area contributed by atoms with E-state index < -0.39 is 5.92 Å². The van der Waals surface area contributed by atoms with Crippen LogP contribution in [0, 0.1) is 0 Å². The van der Waals surface area contributed by atoms with Crippen molar-refractivity contribution in [2.45, 2.75) is 12.5 Å². The predicted molar refractivity (Wildman–Crippen MR) is 86.5 cm³/mol. The van der Waals surface area contributed by atoms with Gasteiger partial charge in [0.2, 0.25) is 5.91 Å². The van der Waals surface area contributed by atoms with E-state index in [9.17, 15) is 4.79 Å². The summed E-state index contributed by atoms with van der Waals surface area (Å²) in [5, 5.41) is 14.3. The molecule has 1 unspecified atom stereocenters. The predicted octanol–water partition coefficient (Wildman–Crippen LogP) is 1.87. The minimum absolute atomic E-state index is 0.183. The Morgan fingerprint density at radius 2 is 1.92 bits per heavy atom. The van der Waals surface area contributed by atoms with Crippen molar-refractivity contribution in [3.05, 3.63) is 65.2 Å². The van der Waals surface area contributed by atoms with Gasteiger partial charge in [0.25, 0.3) is 5.95 Å². The number of nitrogens with one attached hydrogen (secondary N) is 1. The summed E-state index contributed by atoms with van der Waals surface area (Å²) in [7, 11) is 1.65. The molecule has 24 heavy (non-hydrogen) atoms. The molecule has 0 fully saturated rings. The van der Waals surface area contributed by atoms with Gasteiger partial charge in [-0.1, -0.05) is 47.6 Å². The highest BCUT2D eigenvalue weighted by atomic mass is 16.5. The number of benzene rings is 2. The van der Waals surface area contributed by atoms with Gasteiger partial charge in [-0.2, -0.15) is 4.80 Å². The largest absolute Gasteiger partial charge is 0.489 e. The summed E-state index contributed by atoms with van der Waals surface area (Å²) in [4.78, 5) is 14.3. The molecule has 0 saturated carbocycles. The molecule has 0 aliphatic carbocycles. The van der Waals surface area contributed by atoms with Crippen molar-refractivity contribution in [2.24, 2.45) is 7.05 Å². The number of amides is 1. The first-order valence-corrected chi connectivity index (χ1v) is 7.57. The highest BCUT2D eigenvalue weighted by molar-refractivity contribution is 5.97. The molecule has 0 radical (unpaired) electrons. The normalized spacial score (nSPS) is 15.6. The lowest BCUT2D eigenvalue weighted by Crippen LogP contribution is -2.23. The second-order valence-electron chi connectivity index (χ2n) is 5.55. The van der Waals surface area contributed by atoms with E-state index in [1.165, 1.54) is 4.80 Å². The number of hydrogen-bond acceptors (Lipinski definition) is 5. The molecule has 2 aromatic carbocycles. The zero-order chi connectivity index (χ0) is 16.5. The van der Waals surface area contributed by atoms with Gasteiger partial charge in [0.1, 0.15) is 12.4 Å². The lowest BCUT2D eigenvalue weighted by molar-refractivity contribution is -0.116. The summed E-state index contributed by atoms with van der Waals surface area (Å²) >= 11 is 0. The molecule has 0 bridgehead atoms. The van der Waals surface area contributed by atoms with E-state index in [2.05, 4.69) is 20.7 Å². The van der Waals surface area contributed by atoms with Gasteiger partial charge in [0.15, 0.2) is 0 Å². The molecule has 1 aliphatic rings. The molecule has 2 heterocycles. The van der Waals surface area contributed by atoms with Crippen molar-refractivity contribution in [3.63, 3.8) is 0 Å². The first kappa shape index (κ1) is 14.4. The van der Waals surface area contributed by atoms with E-state index in [0.717, 1.165) is 16.7 Å². The summed E-state index contributed by atoms with van der Waals surface area (Å²) in [6.07, 6.45) is 0. The van der Waals surface area contributed by atoms with Gasteiger partial charge in [-0.3, -0.25) is 10.1 Å². The number of tetrazole rings is 1. The van der Waals surface area contributed by atoms with Crippen LogP contribution >= 0.6 is 0 Å². The Bertz CT molecular complexity index is 858. The molecule has 120 valence electrons. The Morgan fingerprint density at radius 3 is 2.71 bits per heavy atom. The standard InChI is InChI=1S/C17H15N5O2/c1-22-20-17(19-21-22)18-16(23)15-12-7-3-2-6-11(12)10-24-14-9-5-4-8-13(14)15/h2-9,15H,10H2,1H3,(H,18,20,23). The molecule has 1 atom stereocenters. The van der Waals surface area contributed by atoms with Crippen molar-refractivity contribution in [3.8, 4) is 5.75 Å². The maximum absolute atomic E-state index is 13.0. The van der Waals surface area contributed by atoms with E-state index in [1.54, 1.807) is 7.05 Å². The number of nitrogens with zero attached hydrogens (tertiary/aromatic N) is 4. The summed E-state index contributed by atoms with van der Waals surface area (Å²) in [6, 6.07) is 15.4. The van der Waals surface area contributed by atoms with Gasteiger partial charge in [-0.25, -0.2) is 0 Å². The molecule has 3 aromatic rings. The van der Waals surface area contributed by atoms with Gasteiger partial charge >= 0.3 is 0 Å². The summed E-state index contributed by atoms with van der Waals surface area (Å²) in [5.41, 5.74) is 2.73. The van der Waals surface area contributed by atoms with E-state index >= 15 is 0 Å². The molecule has 7 heteroatoms. The summed E-state index contributed by atoms with van der Waals surface area (Å²) in [5.74, 6) is 0.181. The van der Waals surface area contributed by atoms with Crippen LogP contribution in [0.4, 0.5) is 5.95 Å². The monoisotopic (exact) mass is 321 g/mol. The van der Waals surface area contributed by atoms with Crippen LogP contribution in [0.3, 0.4) is 0 Å². The van der Waals surface area contributed by atoms with Crippen molar-refractivity contribution >= 4 is 11.9 Å². The second kappa shape index (κ2) is 5.77. The van der Waals surface area contributed by atoms with Crippen molar-refractivity contribution in [2.75, 3.05) is 5.32 Å². The van der Waals surface area contributed by atoms with E-state index in [4.69, 9.17) is 4.74 Å². The van der Waals surface area contributed by atoms with Crippen LogP contribution in [0.25, 0.3) is 0 Å². The number of hydrogen-bond donors (Lipinski definition) is 1. The number of rotatable bonds is 2. The first-order valence-electron chi connectivity index (χ1n) is 7.57. The SMILES string of the molecule is Cn1nnc(NC(=O)C2c3ccccc3COc3ccccc32)n1. The Morgan fingerprint density at radius 1 is 1.17 bits per heavy atom. The zero-order valence-electron chi connectivity index (χ0n) is 13.0. The third-order valence-corrected chi connectivity index (χ3v) is 3.98. The lowest BCUT2D eigenvalue weighted by Gasteiger charge is -2.17. The topological polar surface area (TPSA) is 81.9 Å². The van der Waals surface area contributed by atoms with Crippen molar-refractivity contribution in [1.82, 2.24) is 20.2 Å². The van der Waals surface area contributed by atoms with Crippen LogP contribution in [-0.4, -0.2) is 26.1 Å². The Labute approximate surface area is 138 Å². The third kappa shape index (κ3) is 2.50. The number of fused-ring (bicyclic) bond motifs is 2. The molecule has 1 N–H and O–H groups in total. The number of aryl methyl sites for hydroxylation is 1. The van der Waals surface area contributed by atoms with E-state index in [0.29, 0.717) is 12.4 Å². The van der Waals surface area contributed by atoms with Gasteiger partial charge in [0, 0.05) is 5.56 Å². The average Bonchev–Trinajstić information content (AvgIpc) is 2.91.